The highest BCUT2D eigenvalue weighted by Crippen LogP contribution is 2.24. The van der Waals surface area contributed by atoms with Gasteiger partial charge in [-0.05, 0) is 31.5 Å². The van der Waals surface area contributed by atoms with E-state index in [1.54, 1.807) is 12.1 Å². The summed E-state index contributed by atoms with van der Waals surface area (Å²) in [7, 11) is 0. The largest absolute Gasteiger partial charge is 0.374 e. The number of amides is 2. The number of nitrogen functional groups attached to an aromatic ring is 1. The molecule has 0 aliphatic heterocycles. The van der Waals surface area contributed by atoms with E-state index in [0.29, 0.717) is 26.7 Å². The summed E-state index contributed by atoms with van der Waals surface area (Å²) < 4.78 is 0.626. The summed E-state index contributed by atoms with van der Waals surface area (Å²) in [5, 5.41) is 11.2. The Kier molecular flexibility index (Phi) is 7.03. The smallest absolute Gasteiger partial charge is 0.244 e. The first-order valence-electron chi connectivity index (χ1n) is 7.44. The molecule has 0 aliphatic carbocycles. The average Bonchev–Trinajstić information content (AvgIpc) is 2.99. The number of hydrogen-bond donors (Lipinski definition) is 2. The maximum absolute atomic E-state index is 12.3. The molecule has 25 heavy (non-hydrogen) atoms. The topological polar surface area (TPSA) is 101 Å². The Hall–Kier alpha value is -1.84. The van der Waals surface area contributed by atoms with Gasteiger partial charge in [-0.15, -0.1) is 10.2 Å². The number of nitrogens with two attached hydrogens (primary N) is 1. The normalized spacial score (nSPS) is 10.5. The summed E-state index contributed by atoms with van der Waals surface area (Å²) in [4.78, 5) is 26.0. The highest BCUT2D eigenvalue weighted by Gasteiger charge is 2.17. The number of anilines is 2. The Balaban J connectivity index is 1.90. The Morgan fingerprint density at radius 3 is 2.80 bits per heavy atom. The van der Waals surface area contributed by atoms with Crippen molar-refractivity contribution in [3.8, 4) is 0 Å². The van der Waals surface area contributed by atoms with Crippen LogP contribution in [0.1, 0.15) is 12.5 Å². The number of carbonyl (C=O) groups is 2. The average molecular weight is 400 g/mol. The second kappa shape index (κ2) is 9.02. The van der Waals surface area contributed by atoms with Gasteiger partial charge in [-0.2, -0.15) is 0 Å². The summed E-state index contributed by atoms with van der Waals surface area (Å²) >= 11 is 8.42. The molecule has 0 fully saturated rings. The molecule has 0 saturated heterocycles. The van der Waals surface area contributed by atoms with Crippen LogP contribution in [0.2, 0.25) is 5.02 Å². The van der Waals surface area contributed by atoms with Crippen LogP contribution in [-0.2, 0) is 9.59 Å². The van der Waals surface area contributed by atoms with E-state index in [2.05, 4.69) is 15.5 Å². The summed E-state index contributed by atoms with van der Waals surface area (Å²) in [5.41, 5.74) is 7.05. The lowest BCUT2D eigenvalue weighted by atomic mass is 10.2. The fourth-order valence-corrected chi connectivity index (χ4v) is 3.67. The summed E-state index contributed by atoms with van der Waals surface area (Å²) in [5.74, 6) is -0.253. The highest BCUT2D eigenvalue weighted by atomic mass is 35.5. The number of thioether (sulfide) groups is 1. The van der Waals surface area contributed by atoms with Crippen LogP contribution >= 0.6 is 34.7 Å². The van der Waals surface area contributed by atoms with E-state index >= 15 is 0 Å². The lowest BCUT2D eigenvalue weighted by Crippen LogP contribution is -2.38. The quantitative estimate of drug-likeness (QED) is 0.694. The molecule has 0 aliphatic rings. The number of aryl methyl sites for hydroxylation is 1. The number of carbonyl (C=O) groups excluding carboxylic acids is 2. The third-order valence-corrected chi connectivity index (χ3v) is 5.39. The van der Waals surface area contributed by atoms with Gasteiger partial charge in [0.05, 0.1) is 12.3 Å². The van der Waals surface area contributed by atoms with Gasteiger partial charge in [-0.3, -0.25) is 9.59 Å². The molecular weight excluding hydrogens is 382 g/mol. The van der Waals surface area contributed by atoms with Crippen molar-refractivity contribution in [3.63, 3.8) is 0 Å². The monoisotopic (exact) mass is 399 g/mol. The van der Waals surface area contributed by atoms with Gasteiger partial charge in [0.1, 0.15) is 0 Å². The van der Waals surface area contributed by atoms with E-state index < -0.39 is 0 Å². The summed E-state index contributed by atoms with van der Waals surface area (Å²) in [6, 6.07) is 5.26. The van der Waals surface area contributed by atoms with E-state index in [-0.39, 0.29) is 24.1 Å². The maximum Gasteiger partial charge on any atom is 0.244 e. The molecule has 0 atom stereocenters. The van der Waals surface area contributed by atoms with Gasteiger partial charge in [0.15, 0.2) is 4.34 Å². The van der Waals surface area contributed by atoms with Gasteiger partial charge in [0, 0.05) is 17.3 Å². The molecular formula is C15H18ClN5O2S2. The first-order valence-corrected chi connectivity index (χ1v) is 9.62. The van der Waals surface area contributed by atoms with E-state index in [4.69, 9.17) is 17.3 Å². The third-order valence-electron chi connectivity index (χ3n) is 3.28. The Morgan fingerprint density at radius 1 is 1.40 bits per heavy atom. The minimum absolute atomic E-state index is 0.0277. The van der Waals surface area contributed by atoms with Crippen molar-refractivity contribution in [2.45, 2.75) is 18.2 Å². The Morgan fingerprint density at radius 2 is 2.16 bits per heavy atom. The zero-order valence-corrected chi connectivity index (χ0v) is 16.2. The number of likely N-dealkylation sites (N-methyl/N-ethyl adjacent to an activating group) is 1. The van der Waals surface area contributed by atoms with Crippen molar-refractivity contribution < 1.29 is 9.59 Å². The van der Waals surface area contributed by atoms with Crippen LogP contribution < -0.4 is 11.1 Å². The molecule has 0 unspecified atom stereocenters. The molecule has 0 saturated carbocycles. The molecule has 1 aromatic heterocycles. The minimum atomic E-state index is -0.272. The van der Waals surface area contributed by atoms with Gasteiger partial charge >= 0.3 is 0 Å². The van der Waals surface area contributed by atoms with Crippen LogP contribution in [0.15, 0.2) is 22.5 Å². The van der Waals surface area contributed by atoms with Crippen LogP contribution in [-0.4, -0.2) is 45.8 Å². The second-order valence-corrected chi connectivity index (χ2v) is 7.78. The molecule has 134 valence electrons. The van der Waals surface area contributed by atoms with Crippen LogP contribution in [0.3, 0.4) is 0 Å². The van der Waals surface area contributed by atoms with Crippen LogP contribution in [0.5, 0.6) is 0 Å². The van der Waals surface area contributed by atoms with Crippen LogP contribution in [0, 0.1) is 6.92 Å². The van der Waals surface area contributed by atoms with E-state index in [1.165, 1.54) is 28.0 Å². The third kappa shape index (κ3) is 5.87. The van der Waals surface area contributed by atoms with Gasteiger partial charge in [0.25, 0.3) is 0 Å². The lowest BCUT2D eigenvalue weighted by Gasteiger charge is -2.20. The SMILES string of the molecule is CCN(CC(=O)Nc1cc(Cl)ccc1C)C(=O)CSc1nnc(N)s1. The molecule has 2 aromatic rings. The molecule has 0 radical (unpaired) electrons. The van der Waals surface area contributed by atoms with Crippen LogP contribution in [0.4, 0.5) is 10.8 Å². The fourth-order valence-electron chi connectivity index (χ4n) is 1.96. The number of rotatable bonds is 7. The first kappa shape index (κ1) is 19.5. The second-order valence-electron chi connectivity index (χ2n) is 5.11. The van der Waals surface area contributed by atoms with Gasteiger partial charge in [-0.1, -0.05) is 40.8 Å². The van der Waals surface area contributed by atoms with Gasteiger partial charge < -0.3 is 16.0 Å². The summed E-state index contributed by atoms with van der Waals surface area (Å²) in [6.07, 6.45) is 0. The van der Waals surface area contributed by atoms with Gasteiger partial charge in [0.2, 0.25) is 16.9 Å². The number of halogens is 1. The van der Waals surface area contributed by atoms with Gasteiger partial charge in [-0.25, -0.2) is 0 Å². The molecule has 2 rings (SSSR count). The first-order chi connectivity index (χ1) is 11.9. The molecule has 1 heterocycles. The van der Waals surface area contributed by atoms with Crippen molar-refractivity contribution in [1.82, 2.24) is 15.1 Å². The molecule has 7 nitrogen and oxygen atoms in total. The summed E-state index contributed by atoms with van der Waals surface area (Å²) in [6.45, 7) is 4.10. The van der Waals surface area contributed by atoms with Crippen molar-refractivity contribution in [1.29, 1.82) is 0 Å². The van der Waals surface area contributed by atoms with Crippen molar-refractivity contribution >= 4 is 57.3 Å². The molecule has 1 aromatic carbocycles. The molecule has 10 heteroatoms. The standard InChI is InChI=1S/C15H18ClN5O2S2/c1-3-21(13(23)8-24-15-20-19-14(17)25-15)7-12(22)18-11-6-10(16)5-4-9(11)2/h4-6H,3,7-8H2,1-2H3,(H2,17,19)(H,18,22). The highest BCUT2D eigenvalue weighted by molar-refractivity contribution is 8.01. The Labute approximate surface area is 158 Å². The van der Waals surface area contributed by atoms with Crippen molar-refractivity contribution in [3.05, 3.63) is 28.8 Å². The van der Waals surface area contributed by atoms with Crippen LogP contribution in [0.25, 0.3) is 0 Å². The van der Waals surface area contributed by atoms with Crippen molar-refractivity contribution in [2.24, 2.45) is 0 Å². The lowest BCUT2D eigenvalue weighted by molar-refractivity contribution is -0.132. The maximum atomic E-state index is 12.3. The number of hydrogen-bond acceptors (Lipinski definition) is 7. The number of nitrogens with one attached hydrogen (secondary N) is 1. The molecule has 2 amide bonds. The molecule has 0 bridgehead atoms. The number of benzene rings is 1. The van der Waals surface area contributed by atoms with E-state index in [1.807, 2.05) is 19.9 Å². The zero-order valence-electron chi connectivity index (χ0n) is 13.8. The Bertz CT molecular complexity index is 768. The predicted molar refractivity (Wildman–Crippen MR) is 102 cm³/mol. The van der Waals surface area contributed by atoms with E-state index in [9.17, 15) is 9.59 Å². The number of nitrogens with zero attached hydrogens (tertiary/aromatic N) is 3. The fraction of sp³-hybridized carbons (Fsp3) is 0.333. The predicted octanol–water partition coefficient (Wildman–Crippen LogP) is 2.66. The molecule has 0 spiro atoms. The molecule has 3 N–H and O–H groups in total. The number of aromatic nitrogens is 2. The minimum Gasteiger partial charge on any atom is -0.374 e. The van der Waals surface area contributed by atoms with E-state index in [0.717, 1.165) is 5.56 Å². The zero-order chi connectivity index (χ0) is 18.4. The van der Waals surface area contributed by atoms with Crippen molar-refractivity contribution in [2.75, 3.05) is 29.9 Å².